The molecule has 1 aliphatic heterocycles. The molecule has 1 aliphatic rings. The van der Waals surface area contributed by atoms with Gasteiger partial charge in [0.25, 0.3) is 5.91 Å². The van der Waals surface area contributed by atoms with Crippen LogP contribution in [0.3, 0.4) is 0 Å². The molecule has 2 unspecified atom stereocenters. The Kier molecular flexibility index (Phi) is 8.90. The molecule has 2 atom stereocenters. The number of benzene rings is 1. The van der Waals surface area contributed by atoms with E-state index >= 15 is 0 Å². The number of carbonyl (C=O) groups is 3. The van der Waals surface area contributed by atoms with Crippen LogP contribution in [0.25, 0.3) is 0 Å². The van der Waals surface area contributed by atoms with Crippen LogP contribution in [0.15, 0.2) is 27.9 Å². The minimum absolute atomic E-state index is 0.160. The van der Waals surface area contributed by atoms with Gasteiger partial charge in [-0.3, -0.25) is 19.4 Å². The van der Waals surface area contributed by atoms with Gasteiger partial charge in [0.05, 0.1) is 37.2 Å². The van der Waals surface area contributed by atoms with Crippen LogP contribution in [0.4, 0.5) is 0 Å². The number of aliphatic carboxylic acids is 1. The molecule has 0 aliphatic carbocycles. The fourth-order valence-electron chi connectivity index (χ4n) is 3.43. The molecule has 0 radical (unpaired) electrons. The Morgan fingerprint density at radius 2 is 2.09 bits per heavy atom. The number of aromatic hydroxyl groups is 1. The highest BCUT2D eigenvalue weighted by molar-refractivity contribution is 7.08. The molecular formula is C22H26ClN5O6S. The molecule has 11 nitrogen and oxygen atoms in total. The molecule has 0 bridgehead atoms. The van der Waals surface area contributed by atoms with Crippen LogP contribution in [0.1, 0.15) is 39.5 Å². The maximum atomic E-state index is 12.7. The number of halogens is 1. The van der Waals surface area contributed by atoms with E-state index in [9.17, 15) is 29.7 Å². The number of guanidine groups is 1. The van der Waals surface area contributed by atoms with Crippen LogP contribution in [0.2, 0.25) is 5.02 Å². The SMILES string of the molecule is Cc1cc(Cl)cc(C(CC(=O)O)NC(=O)CNC(=O)c2cscc2CNC2=NCC(O)CN2)c1O. The number of phenolic OH excluding ortho intramolecular Hbond substituents is 1. The summed E-state index contributed by atoms with van der Waals surface area (Å²) in [4.78, 5) is 40.7. The van der Waals surface area contributed by atoms with Gasteiger partial charge in [-0.25, -0.2) is 0 Å². The van der Waals surface area contributed by atoms with Crippen LogP contribution >= 0.6 is 22.9 Å². The van der Waals surface area contributed by atoms with Gasteiger partial charge in [-0.2, -0.15) is 11.3 Å². The van der Waals surface area contributed by atoms with Crippen molar-refractivity contribution in [3.05, 3.63) is 50.2 Å². The number of phenols is 1. The fraction of sp³-hybridized carbons (Fsp3) is 0.364. The minimum atomic E-state index is -1.18. The molecule has 2 heterocycles. The second-order valence-corrected chi connectivity index (χ2v) is 9.13. The minimum Gasteiger partial charge on any atom is -0.507 e. The molecule has 2 aromatic rings. The Bertz CT molecular complexity index is 1140. The number of nitrogens with one attached hydrogen (secondary N) is 4. The highest BCUT2D eigenvalue weighted by Crippen LogP contribution is 2.32. The smallest absolute Gasteiger partial charge is 0.305 e. The van der Waals surface area contributed by atoms with Crippen molar-refractivity contribution in [2.24, 2.45) is 4.99 Å². The van der Waals surface area contributed by atoms with Gasteiger partial charge in [-0.05, 0) is 35.6 Å². The number of amides is 2. The normalized spacial score (nSPS) is 16.0. The van der Waals surface area contributed by atoms with Crippen LogP contribution < -0.4 is 21.3 Å². The van der Waals surface area contributed by atoms with Gasteiger partial charge in [0.1, 0.15) is 5.75 Å². The summed E-state index contributed by atoms with van der Waals surface area (Å²) >= 11 is 7.37. The molecule has 2 amide bonds. The van der Waals surface area contributed by atoms with E-state index in [1.807, 2.05) is 0 Å². The Morgan fingerprint density at radius 1 is 1.31 bits per heavy atom. The summed E-state index contributed by atoms with van der Waals surface area (Å²) in [5.41, 5.74) is 1.70. The summed E-state index contributed by atoms with van der Waals surface area (Å²) in [5, 5.41) is 43.9. The lowest BCUT2D eigenvalue weighted by atomic mass is 10.00. The number of aliphatic imine (C=N–C) groups is 1. The van der Waals surface area contributed by atoms with Gasteiger partial charge in [-0.1, -0.05) is 11.6 Å². The van der Waals surface area contributed by atoms with Crippen molar-refractivity contribution in [1.29, 1.82) is 0 Å². The van der Waals surface area contributed by atoms with Crippen molar-refractivity contribution in [3.63, 3.8) is 0 Å². The number of carboxylic acid groups (broad SMARTS) is 1. The van der Waals surface area contributed by atoms with Crippen molar-refractivity contribution in [2.45, 2.75) is 32.0 Å². The second kappa shape index (κ2) is 11.9. The van der Waals surface area contributed by atoms with Gasteiger partial charge >= 0.3 is 5.97 Å². The summed E-state index contributed by atoms with van der Waals surface area (Å²) in [7, 11) is 0. The molecule has 1 aromatic heterocycles. The summed E-state index contributed by atoms with van der Waals surface area (Å²) in [5.74, 6) is -1.92. The summed E-state index contributed by atoms with van der Waals surface area (Å²) in [6.07, 6.45) is -1.02. The number of nitrogens with zero attached hydrogens (tertiary/aromatic N) is 1. The predicted octanol–water partition coefficient (Wildman–Crippen LogP) is 0.887. The van der Waals surface area contributed by atoms with E-state index in [0.29, 0.717) is 35.7 Å². The number of aryl methyl sites for hydroxylation is 1. The van der Waals surface area contributed by atoms with Crippen LogP contribution in [0, 0.1) is 6.92 Å². The lowest BCUT2D eigenvalue weighted by Crippen LogP contribution is -2.45. The van der Waals surface area contributed by atoms with Crippen molar-refractivity contribution in [3.8, 4) is 5.75 Å². The molecule has 1 aromatic carbocycles. The quantitative estimate of drug-likeness (QED) is 0.254. The van der Waals surface area contributed by atoms with Gasteiger partial charge < -0.3 is 36.6 Å². The van der Waals surface area contributed by atoms with Crippen LogP contribution in [-0.4, -0.2) is 64.8 Å². The summed E-state index contributed by atoms with van der Waals surface area (Å²) in [6, 6.07) is 1.87. The number of aliphatic hydroxyl groups excluding tert-OH is 1. The van der Waals surface area contributed by atoms with Crippen LogP contribution in [0.5, 0.6) is 5.75 Å². The first-order chi connectivity index (χ1) is 16.6. The third-order valence-corrected chi connectivity index (χ3v) is 6.20. The first kappa shape index (κ1) is 26.3. The Morgan fingerprint density at radius 3 is 2.77 bits per heavy atom. The molecule has 0 saturated heterocycles. The third kappa shape index (κ3) is 7.31. The van der Waals surface area contributed by atoms with E-state index in [2.05, 4.69) is 26.3 Å². The van der Waals surface area contributed by atoms with Crippen molar-refractivity contribution in [1.82, 2.24) is 21.3 Å². The molecule has 35 heavy (non-hydrogen) atoms. The van der Waals surface area contributed by atoms with Crippen molar-refractivity contribution in [2.75, 3.05) is 19.6 Å². The van der Waals surface area contributed by atoms with Gasteiger partial charge in [-0.15, -0.1) is 0 Å². The molecule has 3 rings (SSSR count). The second-order valence-electron chi connectivity index (χ2n) is 7.95. The van der Waals surface area contributed by atoms with Gasteiger partial charge in [0.2, 0.25) is 5.91 Å². The standard InChI is InChI=1S/C22H26ClN5O6S/c1-11-2-13(23)3-15(20(11)33)17(4-19(31)32)28-18(30)8-24-21(34)16-10-35-9-12(16)5-25-22-26-6-14(29)7-27-22/h2-3,9-10,14,17,29,33H,4-8H2,1H3,(H,24,34)(H,28,30)(H,31,32)(H2,25,26,27). The zero-order valence-corrected chi connectivity index (χ0v) is 20.4. The summed E-state index contributed by atoms with van der Waals surface area (Å²) < 4.78 is 0. The predicted molar refractivity (Wildman–Crippen MR) is 131 cm³/mol. The van der Waals surface area contributed by atoms with E-state index in [1.165, 1.54) is 23.5 Å². The number of rotatable bonds is 9. The number of β-amino-alcohol motifs (C(OH)–C–C–N with tert-alkyl or cyclic N) is 1. The van der Waals surface area contributed by atoms with E-state index in [-0.39, 0.29) is 22.9 Å². The molecule has 188 valence electrons. The first-order valence-corrected chi connectivity index (χ1v) is 12.0. The van der Waals surface area contributed by atoms with Crippen LogP contribution in [-0.2, 0) is 16.1 Å². The zero-order valence-electron chi connectivity index (χ0n) is 18.8. The number of thiophene rings is 1. The van der Waals surface area contributed by atoms with E-state index in [0.717, 1.165) is 0 Å². The molecular weight excluding hydrogens is 498 g/mol. The fourth-order valence-corrected chi connectivity index (χ4v) is 4.55. The molecule has 0 spiro atoms. The van der Waals surface area contributed by atoms with Crippen molar-refractivity contribution >= 4 is 46.7 Å². The Labute approximate surface area is 210 Å². The number of carbonyl (C=O) groups excluding carboxylic acids is 2. The Balaban J connectivity index is 1.59. The topological polar surface area (TPSA) is 172 Å². The molecule has 7 N–H and O–H groups in total. The van der Waals surface area contributed by atoms with Gasteiger partial charge in [0, 0.05) is 29.1 Å². The van der Waals surface area contributed by atoms with E-state index in [1.54, 1.807) is 17.7 Å². The lowest BCUT2D eigenvalue weighted by Gasteiger charge is -2.20. The maximum Gasteiger partial charge on any atom is 0.305 e. The zero-order chi connectivity index (χ0) is 25.5. The number of aliphatic hydroxyl groups is 1. The van der Waals surface area contributed by atoms with Crippen molar-refractivity contribution < 1.29 is 29.7 Å². The number of hydrogen-bond acceptors (Lipinski definition) is 9. The maximum absolute atomic E-state index is 12.7. The average molecular weight is 524 g/mol. The lowest BCUT2D eigenvalue weighted by molar-refractivity contribution is -0.137. The van der Waals surface area contributed by atoms with E-state index < -0.39 is 42.9 Å². The average Bonchev–Trinajstić information content (AvgIpc) is 3.27. The molecule has 13 heteroatoms. The summed E-state index contributed by atoms with van der Waals surface area (Å²) in [6.45, 7) is 2.20. The van der Waals surface area contributed by atoms with E-state index in [4.69, 9.17) is 11.6 Å². The number of carboxylic acids is 1. The largest absolute Gasteiger partial charge is 0.507 e. The first-order valence-electron chi connectivity index (χ1n) is 10.7. The van der Waals surface area contributed by atoms with Gasteiger partial charge in [0.15, 0.2) is 5.96 Å². The number of hydrogen-bond donors (Lipinski definition) is 7. The highest BCUT2D eigenvalue weighted by atomic mass is 35.5. The third-order valence-electron chi connectivity index (χ3n) is 5.19. The Hall–Kier alpha value is -3.35. The monoisotopic (exact) mass is 523 g/mol. The highest BCUT2D eigenvalue weighted by Gasteiger charge is 2.23. The molecule has 0 saturated carbocycles. The molecule has 0 fully saturated rings.